The number of carbonyl (C=O) groups is 1. The molecule has 2 rings (SSSR count). The van der Waals surface area contributed by atoms with E-state index < -0.39 is 0 Å². The number of amides is 1. The van der Waals surface area contributed by atoms with Gasteiger partial charge in [0.2, 0.25) is 0 Å². The molecule has 0 bridgehead atoms. The molecule has 0 radical (unpaired) electrons. The van der Waals surface area contributed by atoms with Crippen LogP contribution in [-0.4, -0.2) is 38.8 Å². The molecular formula is C21H32N4O. The molecule has 1 aromatic heterocycles. The lowest BCUT2D eigenvalue weighted by Gasteiger charge is -2.25. The van der Waals surface area contributed by atoms with E-state index in [0.29, 0.717) is 5.92 Å². The van der Waals surface area contributed by atoms with Gasteiger partial charge in [0.1, 0.15) is 12.7 Å². The van der Waals surface area contributed by atoms with Crippen molar-refractivity contribution in [2.24, 2.45) is 5.92 Å². The van der Waals surface area contributed by atoms with Crippen LogP contribution in [0, 0.1) is 5.92 Å². The summed E-state index contributed by atoms with van der Waals surface area (Å²) < 4.78 is 1.32. The monoisotopic (exact) mass is 356 g/mol. The molecule has 5 nitrogen and oxygen atoms in total. The van der Waals surface area contributed by atoms with E-state index in [1.54, 1.807) is 0 Å². The fourth-order valence-corrected chi connectivity index (χ4v) is 3.05. The third kappa shape index (κ3) is 5.68. The first kappa shape index (κ1) is 20.1. The maximum atomic E-state index is 12.6. The van der Waals surface area contributed by atoms with E-state index in [1.807, 2.05) is 4.90 Å². The Kier molecular flexibility index (Phi) is 6.95. The second-order valence-corrected chi connectivity index (χ2v) is 8.18. The number of hydrogen-bond donors (Lipinski definition) is 0. The van der Waals surface area contributed by atoms with Crippen LogP contribution in [0.1, 0.15) is 58.6 Å². The second-order valence-electron chi connectivity index (χ2n) is 8.18. The molecule has 1 unspecified atom stereocenters. The minimum atomic E-state index is -0.0918. The van der Waals surface area contributed by atoms with Crippen molar-refractivity contribution in [3.8, 4) is 0 Å². The van der Waals surface area contributed by atoms with Gasteiger partial charge in [0.25, 0.3) is 0 Å². The Balaban J connectivity index is 2.00. The molecule has 1 atom stereocenters. The quantitative estimate of drug-likeness (QED) is 0.732. The van der Waals surface area contributed by atoms with E-state index in [0.717, 1.165) is 32.4 Å². The van der Waals surface area contributed by atoms with Gasteiger partial charge in [-0.2, -0.15) is 9.78 Å². The van der Waals surface area contributed by atoms with Crippen molar-refractivity contribution in [1.29, 1.82) is 0 Å². The number of hydrogen-bond acceptors (Lipinski definition) is 3. The predicted octanol–water partition coefficient (Wildman–Crippen LogP) is 4.52. The van der Waals surface area contributed by atoms with E-state index >= 15 is 0 Å². The smallest absolute Gasteiger partial charge is 0.323 e. The van der Waals surface area contributed by atoms with Crippen LogP contribution in [-0.2, 0) is 11.8 Å². The summed E-state index contributed by atoms with van der Waals surface area (Å²) in [6.07, 6.45) is 5.88. The minimum Gasteiger partial charge on any atom is -0.323 e. The maximum Gasteiger partial charge on any atom is 0.346 e. The first-order chi connectivity index (χ1) is 12.3. The molecule has 0 fully saturated rings. The molecule has 5 heteroatoms. The molecule has 0 saturated carbocycles. The minimum absolute atomic E-state index is 0.0918. The number of aromatic nitrogens is 3. The Hall–Kier alpha value is -2.17. The molecule has 142 valence electrons. The highest BCUT2D eigenvalue weighted by Gasteiger charge is 2.19. The summed E-state index contributed by atoms with van der Waals surface area (Å²) in [4.78, 5) is 18.4. The normalized spacial score (nSPS) is 12.8. The van der Waals surface area contributed by atoms with Crippen LogP contribution in [0.2, 0.25) is 0 Å². The molecule has 26 heavy (non-hydrogen) atoms. The van der Waals surface area contributed by atoms with Gasteiger partial charge in [-0.15, -0.1) is 0 Å². The summed E-state index contributed by atoms with van der Waals surface area (Å²) in [5.74, 6) is 0.375. The zero-order valence-electron chi connectivity index (χ0n) is 16.8. The molecule has 0 N–H and O–H groups in total. The van der Waals surface area contributed by atoms with Gasteiger partial charge < -0.3 is 4.90 Å². The van der Waals surface area contributed by atoms with Crippen LogP contribution < -0.4 is 0 Å². The summed E-state index contributed by atoms with van der Waals surface area (Å²) in [6, 6.07) is 8.78. The van der Waals surface area contributed by atoms with E-state index in [-0.39, 0.29) is 11.4 Å². The molecule has 0 aliphatic rings. The zero-order valence-corrected chi connectivity index (χ0v) is 16.8. The fraction of sp³-hybridized carbons (Fsp3) is 0.571. The fourth-order valence-electron chi connectivity index (χ4n) is 3.05. The highest BCUT2D eigenvalue weighted by molar-refractivity contribution is 5.75. The van der Waals surface area contributed by atoms with Gasteiger partial charge in [-0.05, 0) is 35.3 Å². The molecule has 1 aromatic carbocycles. The van der Waals surface area contributed by atoms with Crippen molar-refractivity contribution < 1.29 is 4.79 Å². The van der Waals surface area contributed by atoms with Crippen LogP contribution in [0.25, 0.3) is 0 Å². The van der Waals surface area contributed by atoms with E-state index in [2.05, 4.69) is 69.0 Å². The van der Waals surface area contributed by atoms with E-state index in [9.17, 15) is 4.79 Å². The van der Waals surface area contributed by atoms with Gasteiger partial charge >= 0.3 is 6.03 Å². The van der Waals surface area contributed by atoms with Crippen LogP contribution in [0.15, 0.2) is 36.9 Å². The number of carbonyl (C=O) groups excluding carboxylic acids is 1. The van der Waals surface area contributed by atoms with Crippen LogP contribution in [0.3, 0.4) is 0 Å². The van der Waals surface area contributed by atoms with Gasteiger partial charge in [-0.3, -0.25) is 0 Å². The zero-order chi connectivity index (χ0) is 19.2. The average molecular weight is 357 g/mol. The summed E-state index contributed by atoms with van der Waals surface area (Å²) in [5.41, 5.74) is 2.83. The Labute approximate surface area is 157 Å². The van der Waals surface area contributed by atoms with Crippen molar-refractivity contribution in [3.63, 3.8) is 0 Å². The predicted molar refractivity (Wildman–Crippen MR) is 105 cm³/mol. The molecule has 0 spiro atoms. The molecule has 1 amide bonds. The summed E-state index contributed by atoms with van der Waals surface area (Å²) in [7, 11) is 0. The van der Waals surface area contributed by atoms with Crippen molar-refractivity contribution in [2.75, 3.05) is 13.1 Å². The van der Waals surface area contributed by atoms with Crippen LogP contribution in [0.4, 0.5) is 4.79 Å². The summed E-state index contributed by atoms with van der Waals surface area (Å²) >= 11 is 0. The number of nitrogens with zero attached hydrogens (tertiary/aromatic N) is 4. The Morgan fingerprint density at radius 1 is 1.23 bits per heavy atom. The summed E-state index contributed by atoms with van der Waals surface area (Å²) in [6.45, 7) is 12.5. The van der Waals surface area contributed by atoms with Crippen LogP contribution in [0.5, 0.6) is 0 Å². The molecule has 2 aromatic rings. The van der Waals surface area contributed by atoms with Crippen molar-refractivity contribution in [3.05, 3.63) is 48.0 Å². The molecule has 0 aliphatic heterocycles. The SMILES string of the molecule is CCCCN(CC(C)Cc1ccc(C(C)(C)C)cc1)C(=O)n1cncn1. The maximum absolute atomic E-state index is 12.6. The Morgan fingerprint density at radius 2 is 1.92 bits per heavy atom. The lowest BCUT2D eigenvalue weighted by molar-refractivity contribution is 0.186. The van der Waals surface area contributed by atoms with Crippen molar-refractivity contribution >= 4 is 6.03 Å². The standard InChI is InChI=1S/C21H32N4O/c1-6-7-12-24(20(26)25-16-22-15-23-25)14-17(2)13-18-8-10-19(11-9-18)21(3,4)5/h8-11,15-17H,6-7,12-14H2,1-5H3. The number of unbranched alkanes of at least 4 members (excludes halogenated alkanes) is 1. The van der Waals surface area contributed by atoms with Gasteiger partial charge in [-0.1, -0.05) is 65.3 Å². The second kappa shape index (κ2) is 8.97. The topological polar surface area (TPSA) is 51.0 Å². The van der Waals surface area contributed by atoms with Gasteiger partial charge in [0, 0.05) is 13.1 Å². The average Bonchev–Trinajstić information content (AvgIpc) is 3.12. The Bertz CT molecular complexity index is 671. The molecule has 0 aliphatic carbocycles. The first-order valence-corrected chi connectivity index (χ1v) is 9.54. The number of benzene rings is 1. The third-order valence-electron chi connectivity index (χ3n) is 4.60. The lowest BCUT2D eigenvalue weighted by atomic mass is 9.86. The molecule has 0 saturated heterocycles. The van der Waals surface area contributed by atoms with Crippen LogP contribution >= 0.6 is 0 Å². The van der Waals surface area contributed by atoms with E-state index in [1.165, 1.54) is 28.5 Å². The molecule has 1 heterocycles. The highest BCUT2D eigenvalue weighted by Crippen LogP contribution is 2.23. The highest BCUT2D eigenvalue weighted by atomic mass is 16.2. The lowest BCUT2D eigenvalue weighted by Crippen LogP contribution is -2.39. The largest absolute Gasteiger partial charge is 0.346 e. The van der Waals surface area contributed by atoms with Gasteiger partial charge in [0.15, 0.2) is 0 Å². The summed E-state index contributed by atoms with van der Waals surface area (Å²) in [5, 5.41) is 3.98. The Morgan fingerprint density at radius 3 is 2.46 bits per heavy atom. The van der Waals surface area contributed by atoms with Crippen molar-refractivity contribution in [2.45, 2.75) is 59.3 Å². The number of rotatable bonds is 7. The van der Waals surface area contributed by atoms with E-state index in [4.69, 9.17) is 0 Å². The first-order valence-electron chi connectivity index (χ1n) is 9.54. The third-order valence-corrected chi connectivity index (χ3v) is 4.60. The molecular weight excluding hydrogens is 324 g/mol. The van der Waals surface area contributed by atoms with Gasteiger partial charge in [0.05, 0.1) is 0 Å². The van der Waals surface area contributed by atoms with Crippen molar-refractivity contribution in [1.82, 2.24) is 19.7 Å². The van der Waals surface area contributed by atoms with Gasteiger partial charge in [-0.25, -0.2) is 9.78 Å².